The largest absolute Gasteiger partial charge is 0.493 e. The standard InChI is InChI=1S/C25H20BrN3O4/c1-31-22-10-7-14(11-23(22)32-2)19-13-20-16-5-3-4-6-21(16)33-25(29(20)28-19)17-12-15(26)8-9-18(17)27-24(25)30/h3-12,20H,13H2,1-2H3,(H,27,30)/t20-,25+/m0/s1. The number of hydrogen-bond acceptors (Lipinski definition) is 6. The molecule has 0 bridgehead atoms. The number of halogens is 1. The summed E-state index contributed by atoms with van der Waals surface area (Å²) in [5, 5.41) is 9.78. The molecule has 1 N–H and O–H groups in total. The van der Waals surface area contributed by atoms with Gasteiger partial charge < -0.3 is 19.5 Å². The van der Waals surface area contributed by atoms with Crippen molar-refractivity contribution in [3.8, 4) is 17.2 Å². The summed E-state index contributed by atoms with van der Waals surface area (Å²) in [5.41, 5.74) is 2.81. The number of ether oxygens (including phenoxy) is 3. The number of nitrogens with one attached hydrogen (secondary N) is 1. The fourth-order valence-electron chi connectivity index (χ4n) is 4.85. The van der Waals surface area contributed by atoms with E-state index >= 15 is 0 Å². The minimum atomic E-state index is -1.39. The number of anilines is 1. The molecule has 8 heteroatoms. The molecule has 6 rings (SSSR count). The Bertz CT molecular complexity index is 1340. The molecular weight excluding hydrogens is 486 g/mol. The third-order valence-corrected chi connectivity index (χ3v) is 6.88. The van der Waals surface area contributed by atoms with Gasteiger partial charge in [-0.15, -0.1) is 0 Å². The van der Waals surface area contributed by atoms with E-state index < -0.39 is 5.72 Å². The first-order valence-electron chi connectivity index (χ1n) is 10.5. The van der Waals surface area contributed by atoms with E-state index in [2.05, 4.69) is 21.2 Å². The van der Waals surface area contributed by atoms with Crippen LogP contribution in [0.5, 0.6) is 17.2 Å². The van der Waals surface area contributed by atoms with E-state index in [0.717, 1.165) is 32.6 Å². The van der Waals surface area contributed by atoms with Gasteiger partial charge >= 0.3 is 5.72 Å². The number of rotatable bonds is 3. The van der Waals surface area contributed by atoms with Crippen molar-refractivity contribution in [3.63, 3.8) is 0 Å². The van der Waals surface area contributed by atoms with Crippen LogP contribution in [0.25, 0.3) is 0 Å². The van der Waals surface area contributed by atoms with E-state index in [1.54, 1.807) is 14.2 Å². The maximum atomic E-state index is 13.5. The zero-order valence-corrected chi connectivity index (χ0v) is 19.5. The van der Waals surface area contributed by atoms with Crippen molar-refractivity contribution < 1.29 is 19.0 Å². The molecule has 7 nitrogen and oxygen atoms in total. The van der Waals surface area contributed by atoms with Gasteiger partial charge in [-0.1, -0.05) is 34.1 Å². The number of benzene rings is 3. The highest BCUT2D eigenvalue weighted by Gasteiger charge is 2.60. The van der Waals surface area contributed by atoms with Crippen LogP contribution in [0.15, 0.2) is 70.2 Å². The maximum Gasteiger partial charge on any atom is 0.306 e. The first-order chi connectivity index (χ1) is 16.0. The number of para-hydroxylation sites is 1. The Labute approximate surface area is 199 Å². The molecule has 3 aromatic rings. The van der Waals surface area contributed by atoms with Crippen LogP contribution >= 0.6 is 15.9 Å². The van der Waals surface area contributed by atoms with Crippen molar-refractivity contribution in [2.45, 2.75) is 18.2 Å². The third kappa shape index (κ3) is 2.80. The van der Waals surface area contributed by atoms with Gasteiger partial charge in [-0.3, -0.25) is 4.79 Å². The highest BCUT2D eigenvalue weighted by molar-refractivity contribution is 9.10. The lowest BCUT2D eigenvalue weighted by atomic mass is 9.92. The van der Waals surface area contributed by atoms with Crippen molar-refractivity contribution in [1.82, 2.24) is 5.01 Å². The van der Waals surface area contributed by atoms with Gasteiger partial charge in [0.15, 0.2) is 11.5 Å². The second-order valence-electron chi connectivity index (χ2n) is 8.11. The molecule has 1 amide bonds. The van der Waals surface area contributed by atoms with Gasteiger partial charge in [0.2, 0.25) is 0 Å². The summed E-state index contributed by atoms with van der Waals surface area (Å²) < 4.78 is 18.2. The third-order valence-electron chi connectivity index (χ3n) is 6.39. The number of hydrazone groups is 1. The summed E-state index contributed by atoms with van der Waals surface area (Å²) in [5.74, 6) is 1.70. The summed E-state index contributed by atoms with van der Waals surface area (Å²) in [4.78, 5) is 13.5. The Morgan fingerprint density at radius 2 is 1.91 bits per heavy atom. The van der Waals surface area contributed by atoms with Crippen LogP contribution in [0.1, 0.15) is 29.2 Å². The van der Waals surface area contributed by atoms with Gasteiger partial charge in [0.1, 0.15) is 5.75 Å². The average Bonchev–Trinajstić information content (AvgIpc) is 3.40. The summed E-state index contributed by atoms with van der Waals surface area (Å²) in [6, 6.07) is 19.1. The van der Waals surface area contributed by atoms with E-state index in [9.17, 15) is 4.79 Å². The SMILES string of the molecule is COc1ccc(C2=NN3[C@@H](C2)c2ccccc2O[C@]32C(=O)Nc3ccc(Br)cc32)cc1OC. The van der Waals surface area contributed by atoms with Crippen LogP contribution in [-0.4, -0.2) is 30.8 Å². The van der Waals surface area contributed by atoms with Gasteiger partial charge in [-0.05, 0) is 42.5 Å². The molecular formula is C25H20BrN3O4. The van der Waals surface area contributed by atoms with E-state index in [1.165, 1.54) is 0 Å². The van der Waals surface area contributed by atoms with Crippen LogP contribution in [0, 0.1) is 0 Å². The summed E-state index contributed by atoms with van der Waals surface area (Å²) >= 11 is 3.54. The second-order valence-corrected chi connectivity index (χ2v) is 9.02. The topological polar surface area (TPSA) is 72.4 Å². The number of amides is 1. The molecule has 2 atom stereocenters. The van der Waals surface area contributed by atoms with Gasteiger partial charge in [-0.25, -0.2) is 5.01 Å². The lowest BCUT2D eigenvalue weighted by Gasteiger charge is -2.44. The number of methoxy groups -OCH3 is 2. The Balaban J connectivity index is 1.54. The molecule has 0 unspecified atom stereocenters. The van der Waals surface area contributed by atoms with Crippen LogP contribution in [0.4, 0.5) is 5.69 Å². The number of nitrogens with zero attached hydrogens (tertiary/aromatic N) is 2. The van der Waals surface area contributed by atoms with Crippen molar-refractivity contribution in [1.29, 1.82) is 0 Å². The molecule has 0 saturated heterocycles. The number of carbonyl (C=O) groups is 1. The second kappa shape index (κ2) is 7.25. The van der Waals surface area contributed by atoms with Crippen molar-refractivity contribution in [2.24, 2.45) is 5.10 Å². The first kappa shape index (κ1) is 20.1. The van der Waals surface area contributed by atoms with Gasteiger partial charge in [-0.2, -0.15) is 5.10 Å². The number of fused-ring (bicyclic) bond motifs is 6. The molecule has 1 spiro atoms. The van der Waals surface area contributed by atoms with Crippen molar-refractivity contribution in [3.05, 3.63) is 81.8 Å². The molecule has 0 aromatic heterocycles. The smallest absolute Gasteiger partial charge is 0.306 e. The quantitative estimate of drug-likeness (QED) is 0.552. The van der Waals surface area contributed by atoms with Crippen LogP contribution in [-0.2, 0) is 10.5 Å². The van der Waals surface area contributed by atoms with E-state index in [-0.39, 0.29) is 11.9 Å². The minimum Gasteiger partial charge on any atom is -0.493 e. The lowest BCUT2D eigenvalue weighted by Crippen LogP contribution is -2.55. The van der Waals surface area contributed by atoms with E-state index in [4.69, 9.17) is 19.3 Å². The predicted molar refractivity (Wildman–Crippen MR) is 127 cm³/mol. The Kier molecular flexibility index (Phi) is 4.42. The highest BCUT2D eigenvalue weighted by Crippen LogP contribution is 2.54. The molecule has 3 aliphatic rings. The Morgan fingerprint density at radius 1 is 1.09 bits per heavy atom. The molecule has 0 aliphatic carbocycles. The monoisotopic (exact) mass is 505 g/mol. The highest BCUT2D eigenvalue weighted by atomic mass is 79.9. The normalized spacial score (nSPS) is 22.2. The summed E-state index contributed by atoms with van der Waals surface area (Å²) in [7, 11) is 3.22. The molecule has 3 heterocycles. The van der Waals surface area contributed by atoms with Crippen LogP contribution in [0.2, 0.25) is 0 Å². The maximum absolute atomic E-state index is 13.5. The molecule has 33 heavy (non-hydrogen) atoms. The molecule has 0 saturated carbocycles. The zero-order chi connectivity index (χ0) is 22.7. The minimum absolute atomic E-state index is 0.159. The van der Waals surface area contributed by atoms with E-state index in [0.29, 0.717) is 23.7 Å². The van der Waals surface area contributed by atoms with Gasteiger partial charge in [0.25, 0.3) is 5.91 Å². The van der Waals surface area contributed by atoms with Crippen molar-refractivity contribution in [2.75, 3.05) is 19.5 Å². The molecule has 0 fully saturated rings. The first-order valence-corrected chi connectivity index (χ1v) is 11.3. The van der Waals surface area contributed by atoms with Crippen molar-refractivity contribution >= 4 is 33.2 Å². The summed E-state index contributed by atoms with van der Waals surface area (Å²) in [6.07, 6.45) is 0.619. The predicted octanol–water partition coefficient (Wildman–Crippen LogP) is 4.81. The van der Waals surface area contributed by atoms with Gasteiger partial charge in [0, 0.05) is 22.0 Å². The number of hydrogen-bond donors (Lipinski definition) is 1. The Morgan fingerprint density at radius 3 is 2.73 bits per heavy atom. The zero-order valence-electron chi connectivity index (χ0n) is 18.0. The Hall–Kier alpha value is -3.52. The molecule has 166 valence electrons. The van der Waals surface area contributed by atoms with E-state index in [1.807, 2.05) is 65.7 Å². The molecule has 3 aliphatic heterocycles. The van der Waals surface area contributed by atoms with Gasteiger partial charge in [0.05, 0.1) is 37.2 Å². The fraction of sp³-hybridized carbons (Fsp3) is 0.200. The van der Waals surface area contributed by atoms with Crippen LogP contribution in [0.3, 0.4) is 0 Å². The fourth-order valence-corrected chi connectivity index (χ4v) is 5.21. The summed E-state index contributed by atoms with van der Waals surface area (Å²) in [6.45, 7) is 0. The molecule has 0 radical (unpaired) electrons. The number of carbonyl (C=O) groups excluding carboxylic acids is 1. The van der Waals surface area contributed by atoms with Crippen LogP contribution < -0.4 is 19.5 Å². The lowest BCUT2D eigenvalue weighted by molar-refractivity contribution is -0.161. The average molecular weight is 506 g/mol. The molecule has 3 aromatic carbocycles.